The molecule has 2 fully saturated rings. The summed E-state index contributed by atoms with van der Waals surface area (Å²) in [7, 11) is 0. The van der Waals surface area contributed by atoms with Crippen LogP contribution in [-0.4, -0.2) is 59.8 Å². The second-order valence-electron chi connectivity index (χ2n) is 6.71. The van der Waals surface area contributed by atoms with Crippen LogP contribution in [0.1, 0.15) is 40.0 Å². The van der Waals surface area contributed by atoms with E-state index in [0.717, 1.165) is 13.1 Å². The maximum absolute atomic E-state index is 12.1. The van der Waals surface area contributed by atoms with Gasteiger partial charge in [-0.3, -0.25) is 4.90 Å². The molecule has 2 unspecified atom stereocenters. The molecule has 0 aromatic heterocycles. The second-order valence-corrected chi connectivity index (χ2v) is 6.71. The van der Waals surface area contributed by atoms with E-state index in [1.54, 1.807) is 4.90 Å². The molecule has 110 valence electrons. The fourth-order valence-corrected chi connectivity index (χ4v) is 2.92. The van der Waals surface area contributed by atoms with Crippen LogP contribution >= 0.6 is 0 Å². The predicted molar refractivity (Wildman–Crippen MR) is 75.0 cm³/mol. The van der Waals surface area contributed by atoms with Gasteiger partial charge in [0.2, 0.25) is 0 Å². The van der Waals surface area contributed by atoms with Crippen LogP contribution in [0.25, 0.3) is 0 Å². The van der Waals surface area contributed by atoms with Crippen molar-refractivity contribution in [3.8, 4) is 0 Å². The number of piperidine rings is 1. The summed E-state index contributed by atoms with van der Waals surface area (Å²) in [6.07, 6.45) is 3.57. The van der Waals surface area contributed by atoms with Gasteiger partial charge in [-0.1, -0.05) is 6.42 Å². The summed E-state index contributed by atoms with van der Waals surface area (Å²) in [6, 6.07) is 0.346. The van der Waals surface area contributed by atoms with Crippen LogP contribution in [0.15, 0.2) is 0 Å². The van der Waals surface area contributed by atoms with Gasteiger partial charge in [0.25, 0.3) is 0 Å². The third-order valence-electron chi connectivity index (χ3n) is 3.84. The number of carbonyl (C=O) groups excluding carboxylic acids is 1. The molecule has 1 amide bonds. The molecule has 5 nitrogen and oxygen atoms in total. The molecule has 2 saturated heterocycles. The summed E-state index contributed by atoms with van der Waals surface area (Å²) in [5, 5.41) is 0. The normalized spacial score (nSPS) is 29.6. The molecule has 2 rings (SSSR count). The number of likely N-dealkylation sites (tertiary alicyclic amines) is 2. The van der Waals surface area contributed by atoms with Crippen molar-refractivity contribution in [1.29, 1.82) is 0 Å². The average molecular weight is 269 g/mol. The molecule has 0 radical (unpaired) electrons. The predicted octanol–water partition coefficient (Wildman–Crippen LogP) is 1.42. The highest BCUT2D eigenvalue weighted by Gasteiger charge is 2.38. The van der Waals surface area contributed by atoms with Crippen LogP contribution in [0.4, 0.5) is 4.79 Å². The smallest absolute Gasteiger partial charge is 0.410 e. The summed E-state index contributed by atoms with van der Waals surface area (Å²) in [4.78, 5) is 16.3. The maximum atomic E-state index is 12.1. The van der Waals surface area contributed by atoms with E-state index in [9.17, 15) is 4.79 Å². The van der Waals surface area contributed by atoms with Crippen molar-refractivity contribution in [2.24, 2.45) is 5.73 Å². The van der Waals surface area contributed by atoms with Gasteiger partial charge < -0.3 is 15.4 Å². The first-order valence-corrected chi connectivity index (χ1v) is 7.34. The molecule has 0 aromatic rings. The first kappa shape index (κ1) is 14.6. The van der Waals surface area contributed by atoms with E-state index >= 15 is 0 Å². The highest BCUT2D eigenvalue weighted by atomic mass is 16.6. The van der Waals surface area contributed by atoms with E-state index in [0.29, 0.717) is 19.1 Å². The molecule has 0 bridgehead atoms. The molecule has 0 saturated carbocycles. The van der Waals surface area contributed by atoms with Gasteiger partial charge in [0.05, 0.1) is 0 Å². The Morgan fingerprint density at radius 3 is 2.37 bits per heavy atom. The highest BCUT2D eigenvalue weighted by molar-refractivity contribution is 5.68. The number of amides is 1. The van der Waals surface area contributed by atoms with Crippen LogP contribution in [0.3, 0.4) is 0 Å². The molecule has 19 heavy (non-hydrogen) atoms. The lowest BCUT2D eigenvalue weighted by molar-refractivity contribution is 0.0276. The molecule has 2 N–H and O–H groups in total. The number of ether oxygens (including phenoxy) is 1. The molecule has 0 aromatic carbocycles. The van der Waals surface area contributed by atoms with Gasteiger partial charge in [-0.25, -0.2) is 4.79 Å². The lowest BCUT2D eigenvalue weighted by atomic mass is 10.1. The summed E-state index contributed by atoms with van der Waals surface area (Å²) in [5.74, 6) is 0. The van der Waals surface area contributed by atoms with Gasteiger partial charge in [0.1, 0.15) is 5.60 Å². The number of hydrogen-bond donors (Lipinski definition) is 1. The molecule has 0 spiro atoms. The molecule has 2 aliphatic heterocycles. The van der Waals surface area contributed by atoms with Gasteiger partial charge in [0, 0.05) is 25.2 Å². The SMILES string of the molecule is CC(C)(C)OC(=O)N1CC(N)C(N2CCCCC2)C1. The minimum atomic E-state index is -0.440. The molecule has 0 aliphatic carbocycles. The van der Waals surface area contributed by atoms with Crippen molar-refractivity contribution in [3.63, 3.8) is 0 Å². The van der Waals surface area contributed by atoms with E-state index in [-0.39, 0.29) is 12.1 Å². The second kappa shape index (κ2) is 5.67. The molecule has 5 heteroatoms. The molecular formula is C14H27N3O2. The zero-order valence-electron chi connectivity index (χ0n) is 12.4. The fourth-order valence-electron chi connectivity index (χ4n) is 2.92. The molecule has 2 aliphatic rings. The molecule has 2 heterocycles. The van der Waals surface area contributed by atoms with Crippen molar-refractivity contribution in [2.45, 2.75) is 57.7 Å². The third kappa shape index (κ3) is 3.83. The molecule has 2 atom stereocenters. The standard InChI is InChI=1S/C14H27N3O2/c1-14(2,3)19-13(18)17-9-11(15)12(10-17)16-7-5-4-6-8-16/h11-12H,4-10,15H2,1-3H3. The minimum Gasteiger partial charge on any atom is -0.444 e. The van der Waals surface area contributed by atoms with Gasteiger partial charge in [-0.2, -0.15) is 0 Å². The van der Waals surface area contributed by atoms with E-state index in [1.165, 1.54) is 19.3 Å². The number of nitrogens with zero attached hydrogens (tertiary/aromatic N) is 2. The minimum absolute atomic E-state index is 0.0469. The van der Waals surface area contributed by atoms with E-state index in [1.807, 2.05) is 20.8 Å². The third-order valence-corrected chi connectivity index (χ3v) is 3.84. The number of rotatable bonds is 1. The zero-order chi connectivity index (χ0) is 14.0. The topological polar surface area (TPSA) is 58.8 Å². The Kier molecular flexibility index (Phi) is 4.36. The first-order valence-electron chi connectivity index (χ1n) is 7.34. The molecular weight excluding hydrogens is 242 g/mol. The van der Waals surface area contributed by atoms with Crippen LogP contribution in [0.5, 0.6) is 0 Å². The maximum Gasteiger partial charge on any atom is 0.410 e. The van der Waals surface area contributed by atoms with Crippen molar-refractivity contribution in [2.75, 3.05) is 26.2 Å². The lowest BCUT2D eigenvalue weighted by Gasteiger charge is -2.33. The van der Waals surface area contributed by atoms with Gasteiger partial charge in [0.15, 0.2) is 0 Å². The Balaban J connectivity index is 1.91. The Morgan fingerprint density at radius 1 is 1.16 bits per heavy atom. The number of carbonyl (C=O) groups is 1. The van der Waals surface area contributed by atoms with Crippen LogP contribution in [0.2, 0.25) is 0 Å². The Labute approximate surface area is 116 Å². The number of hydrogen-bond acceptors (Lipinski definition) is 4. The average Bonchev–Trinajstić information content (AvgIpc) is 2.70. The van der Waals surface area contributed by atoms with Crippen LogP contribution in [0, 0.1) is 0 Å². The zero-order valence-corrected chi connectivity index (χ0v) is 12.4. The largest absolute Gasteiger partial charge is 0.444 e. The van der Waals surface area contributed by atoms with Crippen molar-refractivity contribution in [3.05, 3.63) is 0 Å². The number of nitrogens with two attached hydrogens (primary N) is 1. The van der Waals surface area contributed by atoms with Crippen LogP contribution < -0.4 is 5.73 Å². The Bertz CT molecular complexity index is 321. The lowest BCUT2D eigenvalue weighted by Crippen LogP contribution is -2.49. The Morgan fingerprint density at radius 2 is 1.79 bits per heavy atom. The van der Waals surface area contributed by atoms with Crippen LogP contribution in [-0.2, 0) is 4.74 Å². The highest BCUT2D eigenvalue weighted by Crippen LogP contribution is 2.21. The quantitative estimate of drug-likeness (QED) is 0.782. The van der Waals surface area contributed by atoms with E-state index in [4.69, 9.17) is 10.5 Å². The van der Waals surface area contributed by atoms with E-state index < -0.39 is 5.60 Å². The monoisotopic (exact) mass is 269 g/mol. The van der Waals surface area contributed by atoms with Gasteiger partial charge >= 0.3 is 6.09 Å². The van der Waals surface area contributed by atoms with Crippen molar-refractivity contribution in [1.82, 2.24) is 9.80 Å². The summed E-state index contributed by atoms with van der Waals surface area (Å²) >= 11 is 0. The summed E-state index contributed by atoms with van der Waals surface area (Å²) in [6.45, 7) is 9.21. The van der Waals surface area contributed by atoms with Gasteiger partial charge in [-0.15, -0.1) is 0 Å². The summed E-state index contributed by atoms with van der Waals surface area (Å²) < 4.78 is 5.42. The fraction of sp³-hybridized carbons (Fsp3) is 0.929. The Hall–Kier alpha value is -0.810. The van der Waals surface area contributed by atoms with Crippen molar-refractivity contribution < 1.29 is 9.53 Å². The van der Waals surface area contributed by atoms with Gasteiger partial charge in [-0.05, 0) is 46.7 Å². The summed E-state index contributed by atoms with van der Waals surface area (Å²) in [5.41, 5.74) is 5.77. The first-order chi connectivity index (χ1) is 8.87. The van der Waals surface area contributed by atoms with E-state index in [2.05, 4.69) is 4.90 Å². The van der Waals surface area contributed by atoms with Crippen molar-refractivity contribution >= 4 is 6.09 Å².